The second-order valence-electron chi connectivity index (χ2n) is 4.30. The molecule has 2 aromatic heterocycles. The van der Waals surface area contributed by atoms with Crippen molar-refractivity contribution in [1.82, 2.24) is 9.38 Å². The lowest BCUT2D eigenvalue weighted by molar-refractivity contribution is 0.0696. The fourth-order valence-corrected chi connectivity index (χ4v) is 2.14. The molecule has 20 heavy (non-hydrogen) atoms. The lowest BCUT2D eigenvalue weighted by Gasteiger charge is -2.00. The first kappa shape index (κ1) is 12.5. The molecule has 0 atom stereocenters. The first-order chi connectivity index (χ1) is 9.56. The number of aromatic nitrogens is 2. The van der Waals surface area contributed by atoms with Crippen molar-refractivity contribution >= 4 is 29.0 Å². The molecule has 5 nitrogen and oxygen atoms in total. The maximum Gasteiger partial charge on any atom is 0.337 e. The van der Waals surface area contributed by atoms with Crippen LogP contribution in [0.25, 0.3) is 16.9 Å². The van der Waals surface area contributed by atoms with Gasteiger partial charge in [0.2, 0.25) is 0 Å². The number of benzene rings is 1. The van der Waals surface area contributed by atoms with Gasteiger partial charge >= 0.3 is 5.97 Å². The number of rotatable bonds is 2. The average molecular weight is 288 g/mol. The van der Waals surface area contributed by atoms with Crippen LogP contribution in [0.3, 0.4) is 0 Å². The molecule has 1 aromatic carbocycles. The maximum absolute atomic E-state index is 11.0. The van der Waals surface area contributed by atoms with E-state index < -0.39 is 5.97 Å². The minimum atomic E-state index is -1.01. The summed E-state index contributed by atoms with van der Waals surface area (Å²) in [6.07, 6.45) is 1.46. The fourth-order valence-electron chi connectivity index (χ4n) is 2.01. The van der Waals surface area contributed by atoms with Gasteiger partial charge in [0.15, 0.2) is 0 Å². The van der Waals surface area contributed by atoms with Gasteiger partial charge in [-0.1, -0.05) is 23.7 Å². The molecular weight excluding hydrogens is 278 g/mol. The Hall–Kier alpha value is -2.53. The number of fused-ring (bicyclic) bond motifs is 1. The molecule has 2 heterocycles. The van der Waals surface area contributed by atoms with Crippen molar-refractivity contribution < 1.29 is 9.90 Å². The highest BCUT2D eigenvalue weighted by Gasteiger charge is 2.13. The summed E-state index contributed by atoms with van der Waals surface area (Å²) in [6, 6.07) is 10.3. The zero-order valence-corrected chi connectivity index (χ0v) is 11.0. The van der Waals surface area contributed by atoms with Gasteiger partial charge in [0.05, 0.1) is 5.56 Å². The van der Waals surface area contributed by atoms with Gasteiger partial charge in [-0.25, -0.2) is 9.78 Å². The summed E-state index contributed by atoms with van der Waals surface area (Å²) in [6.45, 7) is 0. The zero-order valence-electron chi connectivity index (χ0n) is 10.2. The van der Waals surface area contributed by atoms with E-state index in [-0.39, 0.29) is 5.56 Å². The minimum absolute atomic E-state index is 0.157. The number of carbonyl (C=O) groups is 1. The number of hydrogen-bond donors (Lipinski definition) is 2. The first-order valence-corrected chi connectivity index (χ1v) is 6.21. The van der Waals surface area contributed by atoms with Crippen LogP contribution in [0.1, 0.15) is 10.4 Å². The molecule has 3 rings (SSSR count). The van der Waals surface area contributed by atoms with E-state index in [9.17, 15) is 4.79 Å². The van der Waals surface area contributed by atoms with Crippen LogP contribution in [0.2, 0.25) is 5.02 Å². The predicted octanol–water partition coefficient (Wildman–Crippen LogP) is 2.94. The number of pyridine rings is 1. The van der Waals surface area contributed by atoms with Crippen molar-refractivity contribution in [2.75, 3.05) is 5.73 Å². The van der Waals surface area contributed by atoms with E-state index in [4.69, 9.17) is 22.4 Å². The molecule has 0 unspecified atom stereocenters. The van der Waals surface area contributed by atoms with Gasteiger partial charge in [0.25, 0.3) is 0 Å². The van der Waals surface area contributed by atoms with E-state index in [0.717, 1.165) is 5.56 Å². The number of aromatic carboxylic acids is 1. The molecule has 0 saturated heterocycles. The van der Waals surface area contributed by atoms with Gasteiger partial charge in [-0.2, -0.15) is 0 Å². The van der Waals surface area contributed by atoms with Crippen LogP contribution in [0.5, 0.6) is 0 Å². The Labute approximate surface area is 119 Å². The molecule has 3 aromatic rings. The largest absolute Gasteiger partial charge is 0.478 e. The molecule has 0 spiro atoms. The number of hydrogen-bond acceptors (Lipinski definition) is 3. The molecule has 0 bridgehead atoms. The Morgan fingerprint density at radius 3 is 2.55 bits per heavy atom. The summed E-state index contributed by atoms with van der Waals surface area (Å²) in [5, 5.41) is 9.63. The summed E-state index contributed by atoms with van der Waals surface area (Å²) in [5.74, 6) is -0.613. The van der Waals surface area contributed by atoms with Gasteiger partial charge in [0.1, 0.15) is 17.2 Å². The monoisotopic (exact) mass is 287 g/mol. The van der Waals surface area contributed by atoms with Crippen LogP contribution >= 0.6 is 11.6 Å². The molecule has 0 aliphatic rings. The molecular formula is C14H10ClN3O2. The Morgan fingerprint density at radius 2 is 1.90 bits per heavy atom. The number of nitrogens with zero attached hydrogens (tertiary/aromatic N) is 2. The van der Waals surface area contributed by atoms with Crippen molar-refractivity contribution in [1.29, 1.82) is 0 Å². The van der Waals surface area contributed by atoms with Crippen LogP contribution in [-0.2, 0) is 0 Å². The summed E-state index contributed by atoms with van der Waals surface area (Å²) < 4.78 is 1.56. The fraction of sp³-hybridized carbons (Fsp3) is 0. The molecule has 100 valence electrons. The van der Waals surface area contributed by atoms with Crippen molar-refractivity contribution in [3.8, 4) is 11.3 Å². The Balaban J connectivity index is 2.20. The van der Waals surface area contributed by atoms with Gasteiger partial charge in [0, 0.05) is 16.8 Å². The molecule has 0 saturated carbocycles. The molecule has 3 N–H and O–H groups in total. The van der Waals surface area contributed by atoms with Crippen LogP contribution in [0.4, 0.5) is 5.82 Å². The molecule has 0 aliphatic heterocycles. The maximum atomic E-state index is 11.0. The Bertz CT molecular complexity index is 809. The van der Waals surface area contributed by atoms with E-state index in [1.54, 1.807) is 22.6 Å². The number of anilines is 1. The summed E-state index contributed by atoms with van der Waals surface area (Å²) in [7, 11) is 0. The van der Waals surface area contributed by atoms with Crippen molar-refractivity contribution in [3.63, 3.8) is 0 Å². The third-order valence-electron chi connectivity index (χ3n) is 3.02. The van der Waals surface area contributed by atoms with E-state index in [0.29, 0.717) is 22.2 Å². The van der Waals surface area contributed by atoms with Crippen LogP contribution in [-0.4, -0.2) is 20.5 Å². The molecule has 0 amide bonds. The van der Waals surface area contributed by atoms with E-state index in [1.165, 1.54) is 12.3 Å². The predicted molar refractivity (Wildman–Crippen MR) is 77.0 cm³/mol. The Morgan fingerprint density at radius 1 is 1.20 bits per heavy atom. The number of imidazole rings is 1. The smallest absolute Gasteiger partial charge is 0.337 e. The standard InChI is InChI=1S/C14H10ClN3O2/c15-10-4-1-8(2-5-10)12-13(16)18-7-9(14(19)20)3-6-11(18)17-12/h1-7H,16H2,(H,19,20). The number of nitrogens with two attached hydrogens (primary N) is 1. The third kappa shape index (κ3) is 1.98. The first-order valence-electron chi connectivity index (χ1n) is 5.83. The van der Waals surface area contributed by atoms with Crippen molar-refractivity contribution in [2.45, 2.75) is 0 Å². The number of halogens is 1. The normalized spacial score (nSPS) is 10.8. The van der Waals surface area contributed by atoms with Crippen LogP contribution in [0.15, 0.2) is 42.6 Å². The van der Waals surface area contributed by atoms with Crippen LogP contribution < -0.4 is 5.73 Å². The molecule has 0 aliphatic carbocycles. The number of carboxylic acids is 1. The second-order valence-corrected chi connectivity index (χ2v) is 4.74. The van der Waals surface area contributed by atoms with Crippen molar-refractivity contribution in [3.05, 3.63) is 53.2 Å². The van der Waals surface area contributed by atoms with Gasteiger partial charge in [-0.3, -0.25) is 4.40 Å². The van der Waals surface area contributed by atoms with E-state index >= 15 is 0 Å². The summed E-state index contributed by atoms with van der Waals surface area (Å²) in [4.78, 5) is 15.4. The molecule has 0 fully saturated rings. The van der Waals surface area contributed by atoms with Crippen molar-refractivity contribution in [2.24, 2.45) is 0 Å². The summed E-state index contributed by atoms with van der Waals surface area (Å²) in [5.41, 5.74) is 8.23. The highest BCUT2D eigenvalue weighted by Crippen LogP contribution is 2.27. The third-order valence-corrected chi connectivity index (χ3v) is 3.27. The van der Waals surface area contributed by atoms with Gasteiger partial charge < -0.3 is 10.8 Å². The quantitative estimate of drug-likeness (QED) is 0.759. The van der Waals surface area contributed by atoms with Gasteiger partial charge in [-0.05, 0) is 24.3 Å². The highest BCUT2D eigenvalue weighted by molar-refractivity contribution is 6.30. The molecule has 6 heteroatoms. The Kier molecular flexibility index (Phi) is 2.84. The van der Waals surface area contributed by atoms with E-state index in [2.05, 4.69) is 4.98 Å². The van der Waals surface area contributed by atoms with E-state index in [1.807, 2.05) is 12.1 Å². The lowest BCUT2D eigenvalue weighted by atomic mass is 10.1. The summed E-state index contributed by atoms with van der Waals surface area (Å²) >= 11 is 5.85. The van der Waals surface area contributed by atoms with Crippen LogP contribution in [0, 0.1) is 0 Å². The second kappa shape index (κ2) is 4.54. The SMILES string of the molecule is Nc1c(-c2ccc(Cl)cc2)nc2ccc(C(=O)O)cn12. The number of nitrogen functional groups attached to an aromatic ring is 1. The number of carboxylic acid groups (broad SMARTS) is 1. The lowest BCUT2D eigenvalue weighted by Crippen LogP contribution is -2.00. The average Bonchev–Trinajstić information content (AvgIpc) is 2.76. The highest BCUT2D eigenvalue weighted by atomic mass is 35.5. The van der Waals surface area contributed by atoms with Gasteiger partial charge in [-0.15, -0.1) is 0 Å². The topological polar surface area (TPSA) is 80.6 Å². The molecule has 0 radical (unpaired) electrons. The zero-order chi connectivity index (χ0) is 14.3. The minimum Gasteiger partial charge on any atom is -0.478 e.